The SMILES string of the molecule is CC(C)Cc1ccc(S(=O)(=O)N(C(C)C)C(C)C)cc1. The van der Waals surface area contributed by atoms with Gasteiger partial charge in [0.15, 0.2) is 0 Å². The lowest BCUT2D eigenvalue weighted by Crippen LogP contribution is -2.41. The Morgan fingerprint density at radius 2 is 1.35 bits per heavy atom. The second-order valence-corrected chi connectivity index (χ2v) is 8.11. The normalized spacial score (nSPS) is 12.9. The van der Waals surface area contributed by atoms with Gasteiger partial charge in [0.1, 0.15) is 0 Å². The second-order valence-electron chi connectivity index (χ2n) is 6.26. The minimum Gasteiger partial charge on any atom is -0.207 e. The summed E-state index contributed by atoms with van der Waals surface area (Å²) in [6, 6.07) is 7.21. The van der Waals surface area contributed by atoms with E-state index in [1.54, 1.807) is 16.4 Å². The lowest BCUT2D eigenvalue weighted by molar-refractivity contribution is 0.302. The summed E-state index contributed by atoms with van der Waals surface area (Å²) in [5, 5.41) is 0. The van der Waals surface area contributed by atoms with Crippen LogP contribution < -0.4 is 0 Å². The van der Waals surface area contributed by atoms with Crippen molar-refractivity contribution in [2.75, 3.05) is 0 Å². The summed E-state index contributed by atoms with van der Waals surface area (Å²) in [6.07, 6.45) is 0.971. The van der Waals surface area contributed by atoms with Crippen molar-refractivity contribution in [3.05, 3.63) is 29.8 Å². The smallest absolute Gasteiger partial charge is 0.207 e. The van der Waals surface area contributed by atoms with Crippen LogP contribution in [0.5, 0.6) is 0 Å². The van der Waals surface area contributed by atoms with Gasteiger partial charge in [0, 0.05) is 12.1 Å². The van der Waals surface area contributed by atoms with Crippen molar-refractivity contribution in [2.24, 2.45) is 5.92 Å². The molecular weight excluding hydrogens is 270 g/mol. The number of hydrogen-bond donors (Lipinski definition) is 0. The largest absolute Gasteiger partial charge is 0.243 e. The molecule has 3 nitrogen and oxygen atoms in total. The van der Waals surface area contributed by atoms with Crippen LogP contribution in [0.4, 0.5) is 0 Å². The Morgan fingerprint density at radius 1 is 0.900 bits per heavy atom. The van der Waals surface area contributed by atoms with Gasteiger partial charge in [0.2, 0.25) is 10.0 Å². The minimum atomic E-state index is -3.41. The van der Waals surface area contributed by atoms with Gasteiger partial charge in [-0.25, -0.2) is 8.42 Å². The zero-order valence-corrected chi connectivity index (χ0v) is 14.2. The fraction of sp³-hybridized carbons (Fsp3) is 0.625. The molecule has 4 heteroatoms. The molecule has 0 saturated carbocycles. The molecule has 114 valence electrons. The number of rotatable bonds is 6. The van der Waals surface area contributed by atoms with Crippen molar-refractivity contribution < 1.29 is 8.42 Å². The van der Waals surface area contributed by atoms with Crippen LogP contribution in [-0.4, -0.2) is 24.8 Å². The van der Waals surface area contributed by atoms with Crippen LogP contribution in [0, 0.1) is 5.92 Å². The molecule has 0 N–H and O–H groups in total. The van der Waals surface area contributed by atoms with E-state index in [1.165, 1.54) is 5.56 Å². The van der Waals surface area contributed by atoms with Crippen molar-refractivity contribution in [3.8, 4) is 0 Å². The predicted octanol–water partition coefficient (Wildman–Crippen LogP) is 3.69. The van der Waals surface area contributed by atoms with Gasteiger partial charge in [-0.3, -0.25) is 0 Å². The van der Waals surface area contributed by atoms with Crippen LogP contribution in [-0.2, 0) is 16.4 Å². The molecule has 0 aromatic heterocycles. The van der Waals surface area contributed by atoms with Crippen LogP contribution in [0.25, 0.3) is 0 Å². The highest BCUT2D eigenvalue weighted by molar-refractivity contribution is 7.89. The minimum absolute atomic E-state index is 0.0460. The molecule has 0 fully saturated rings. The van der Waals surface area contributed by atoms with Crippen molar-refractivity contribution in [3.63, 3.8) is 0 Å². The van der Waals surface area contributed by atoms with E-state index in [0.29, 0.717) is 10.8 Å². The number of hydrogen-bond acceptors (Lipinski definition) is 2. The maximum absolute atomic E-state index is 12.7. The monoisotopic (exact) mass is 297 g/mol. The van der Waals surface area contributed by atoms with E-state index in [-0.39, 0.29) is 12.1 Å². The number of benzene rings is 1. The van der Waals surface area contributed by atoms with E-state index in [1.807, 2.05) is 39.8 Å². The van der Waals surface area contributed by atoms with Gasteiger partial charge in [-0.2, -0.15) is 4.31 Å². The quantitative estimate of drug-likeness (QED) is 0.803. The molecule has 0 saturated heterocycles. The van der Waals surface area contributed by atoms with Gasteiger partial charge in [0.25, 0.3) is 0 Å². The summed E-state index contributed by atoms with van der Waals surface area (Å²) >= 11 is 0. The Kier molecular flexibility index (Phi) is 5.78. The first-order chi connectivity index (χ1) is 9.16. The molecule has 0 amide bonds. The molecule has 0 aliphatic rings. The average molecular weight is 297 g/mol. The highest BCUT2D eigenvalue weighted by Gasteiger charge is 2.29. The van der Waals surface area contributed by atoms with Crippen molar-refractivity contribution >= 4 is 10.0 Å². The van der Waals surface area contributed by atoms with E-state index >= 15 is 0 Å². The third-order valence-electron chi connectivity index (χ3n) is 3.16. The van der Waals surface area contributed by atoms with Gasteiger partial charge >= 0.3 is 0 Å². The summed E-state index contributed by atoms with van der Waals surface area (Å²) in [5.74, 6) is 0.570. The van der Waals surface area contributed by atoms with Gasteiger partial charge < -0.3 is 0 Å². The van der Waals surface area contributed by atoms with E-state index in [9.17, 15) is 8.42 Å². The number of sulfonamides is 1. The lowest BCUT2D eigenvalue weighted by Gasteiger charge is -2.29. The summed E-state index contributed by atoms with van der Waals surface area (Å²) in [7, 11) is -3.41. The van der Waals surface area contributed by atoms with Crippen LogP contribution >= 0.6 is 0 Å². The zero-order valence-electron chi connectivity index (χ0n) is 13.4. The molecule has 1 rings (SSSR count). The van der Waals surface area contributed by atoms with Gasteiger partial charge in [-0.05, 0) is 57.7 Å². The summed E-state index contributed by atoms with van der Waals surface area (Å²) in [6.45, 7) is 11.9. The topological polar surface area (TPSA) is 37.4 Å². The Labute approximate surface area is 124 Å². The Balaban J connectivity index is 3.09. The molecule has 0 spiro atoms. The maximum Gasteiger partial charge on any atom is 0.243 e. The van der Waals surface area contributed by atoms with Crippen LogP contribution in [0.1, 0.15) is 47.1 Å². The first kappa shape index (κ1) is 17.2. The van der Waals surface area contributed by atoms with Crippen LogP contribution in [0.2, 0.25) is 0 Å². The van der Waals surface area contributed by atoms with E-state index in [0.717, 1.165) is 6.42 Å². The molecule has 1 aromatic rings. The molecule has 0 unspecified atom stereocenters. The Hall–Kier alpha value is -0.870. The van der Waals surface area contributed by atoms with Gasteiger partial charge in [-0.15, -0.1) is 0 Å². The van der Waals surface area contributed by atoms with Crippen LogP contribution in [0.15, 0.2) is 29.2 Å². The number of nitrogens with zero attached hydrogens (tertiary/aromatic N) is 1. The second kappa shape index (κ2) is 6.72. The highest BCUT2D eigenvalue weighted by atomic mass is 32.2. The van der Waals surface area contributed by atoms with E-state index in [2.05, 4.69) is 13.8 Å². The summed E-state index contributed by atoms with van der Waals surface area (Å²) in [5.41, 5.74) is 1.18. The lowest BCUT2D eigenvalue weighted by atomic mass is 10.0. The van der Waals surface area contributed by atoms with Crippen molar-refractivity contribution in [1.82, 2.24) is 4.31 Å². The maximum atomic E-state index is 12.7. The Morgan fingerprint density at radius 3 is 1.70 bits per heavy atom. The molecule has 20 heavy (non-hydrogen) atoms. The molecule has 0 radical (unpaired) electrons. The van der Waals surface area contributed by atoms with Gasteiger partial charge in [0.05, 0.1) is 4.90 Å². The van der Waals surface area contributed by atoms with Crippen molar-refractivity contribution in [2.45, 2.75) is 64.9 Å². The predicted molar refractivity (Wildman–Crippen MR) is 84.3 cm³/mol. The first-order valence-corrected chi connectivity index (χ1v) is 8.72. The van der Waals surface area contributed by atoms with E-state index in [4.69, 9.17) is 0 Å². The van der Waals surface area contributed by atoms with Crippen molar-refractivity contribution in [1.29, 1.82) is 0 Å². The first-order valence-electron chi connectivity index (χ1n) is 7.28. The molecule has 0 heterocycles. The summed E-state index contributed by atoms with van der Waals surface area (Å²) < 4.78 is 26.9. The molecule has 1 aromatic carbocycles. The third-order valence-corrected chi connectivity index (χ3v) is 5.43. The molecule has 0 atom stereocenters. The zero-order chi connectivity index (χ0) is 15.5. The van der Waals surface area contributed by atoms with E-state index < -0.39 is 10.0 Å². The average Bonchev–Trinajstić information content (AvgIpc) is 2.26. The molecule has 0 aliphatic heterocycles. The Bertz CT molecular complexity index is 508. The summed E-state index contributed by atoms with van der Waals surface area (Å²) in [4.78, 5) is 0.382. The fourth-order valence-electron chi connectivity index (χ4n) is 2.54. The molecule has 0 aliphatic carbocycles. The highest BCUT2D eigenvalue weighted by Crippen LogP contribution is 2.22. The molecule has 0 bridgehead atoms. The van der Waals surface area contributed by atoms with Gasteiger partial charge in [-0.1, -0.05) is 26.0 Å². The third kappa shape index (κ3) is 4.06. The fourth-order valence-corrected chi connectivity index (χ4v) is 4.38. The van der Waals surface area contributed by atoms with Crippen LogP contribution in [0.3, 0.4) is 0 Å². The molecular formula is C16H27NO2S. The standard InChI is InChI=1S/C16H27NO2S/c1-12(2)11-15-7-9-16(10-8-15)20(18,19)17(13(3)4)14(5)6/h7-10,12-14H,11H2,1-6H3.